The molecule has 0 aliphatic carbocycles. The van der Waals surface area contributed by atoms with E-state index in [-0.39, 0.29) is 5.91 Å². The van der Waals surface area contributed by atoms with Crippen molar-refractivity contribution < 1.29 is 14.3 Å². The van der Waals surface area contributed by atoms with Crippen molar-refractivity contribution >= 4 is 29.3 Å². The first kappa shape index (κ1) is 21.6. The lowest BCUT2D eigenvalue weighted by Gasteiger charge is -2.17. The van der Waals surface area contributed by atoms with Gasteiger partial charge in [-0.25, -0.2) is 4.79 Å². The van der Waals surface area contributed by atoms with Crippen LogP contribution in [0, 0.1) is 13.8 Å². The number of carbonyl (C=O) groups excluding carboxylic acids is 2. The van der Waals surface area contributed by atoms with E-state index in [1.165, 1.54) is 11.8 Å². The zero-order valence-corrected chi connectivity index (χ0v) is 18.2. The van der Waals surface area contributed by atoms with Crippen LogP contribution in [0.4, 0.5) is 5.69 Å². The Morgan fingerprint density at radius 1 is 1.10 bits per heavy atom. The number of rotatable bonds is 7. The van der Waals surface area contributed by atoms with Gasteiger partial charge in [0.05, 0.1) is 5.56 Å². The second kappa shape index (κ2) is 9.58. The van der Waals surface area contributed by atoms with Gasteiger partial charge in [0, 0.05) is 11.4 Å². The largest absolute Gasteiger partial charge is 0.449 e. The number of anilines is 1. The fraction of sp³-hybridized carbons (Fsp3) is 0.273. The maximum absolute atomic E-state index is 12.6. The third kappa shape index (κ3) is 4.71. The first-order valence-corrected chi connectivity index (χ1v) is 10.8. The molecule has 3 rings (SSSR count). The Morgan fingerprint density at radius 3 is 2.43 bits per heavy atom. The lowest BCUT2D eigenvalue weighted by molar-refractivity contribution is -0.124. The molecule has 0 saturated heterocycles. The van der Waals surface area contributed by atoms with Crippen molar-refractivity contribution in [2.45, 2.75) is 38.5 Å². The van der Waals surface area contributed by atoms with E-state index in [4.69, 9.17) is 4.74 Å². The van der Waals surface area contributed by atoms with Crippen LogP contribution < -0.4 is 5.32 Å². The lowest BCUT2D eigenvalue weighted by Crippen LogP contribution is -2.32. The summed E-state index contributed by atoms with van der Waals surface area (Å²) in [4.78, 5) is 25.2. The molecule has 7 nitrogen and oxygen atoms in total. The maximum atomic E-state index is 12.6. The van der Waals surface area contributed by atoms with Crippen LogP contribution in [0.2, 0.25) is 0 Å². The number of benzene rings is 2. The minimum absolute atomic E-state index is 0.346. The van der Waals surface area contributed by atoms with Crippen LogP contribution >= 0.6 is 11.8 Å². The maximum Gasteiger partial charge on any atom is 0.338 e. The molecule has 156 valence electrons. The molecule has 0 saturated carbocycles. The molecule has 8 heteroatoms. The van der Waals surface area contributed by atoms with Gasteiger partial charge >= 0.3 is 5.97 Å². The number of hydrogen-bond acceptors (Lipinski definition) is 6. The van der Waals surface area contributed by atoms with Gasteiger partial charge in [-0.3, -0.25) is 9.36 Å². The molecule has 30 heavy (non-hydrogen) atoms. The summed E-state index contributed by atoms with van der Waals surface area (Å²) in [6.07, 6.45) is 1.43. The number of carbonyl (C=O) groups is 2. The summed E-state index contributed by atoms with van der Waals surface area (Å²) in [5, 5.41) is 11.8. The molecule has 0 aliphatic heterocycles. The van der Waals surface area contributed by atoms with Crippen molar-refractivity contribution in [2.75, 3.05) is 11.6 Å². The minimum Gasteiger partial charge on any atom is -0.449 e. The summed E-state index contributed by atoms with van der Waals surface area (Å²) in [6, 6.07) is 14.4. The summed E-state index contributed by atoms with van der Waals surface area (Å²) < 4.78 is 7.38. The van der Waals surface area contributed by atoms with Crippen LogP contribution in [-0.2, 0) is 9.53 Å². The van der Waals surface area contributed by atoms with Crippen LogP contribution in [0.25, 0.3) is 5.69 Å². The highest BCUT2D eigenvalue weighted by molar-refractivity contribution is 7.98. The molecule has 1 aromatic heterocycles. The molecule has 0 aliphatic rings. The molecule has 1 atom stereocenters. The normalized spacial score (nSPS) is 11.7. The fourth-order valence-electron chi connectivity index (χ4n) is 2.96. The third-order valence-corrected chi connectivity index (χ3v) is 5.28. The summed E-state index contributed by atoms with van der Waals surface area (Å²) in [6.45, 7) is 5.58. The van der Waals surface area contributed by atoms with Crippen LogP contribution in [0.3, 0.4) is 0 Å². The minimum atomic E-state index is -0.875. The van der Waals surface area contributed by atoms with E-state index in [0.717, 1.165) is 22.2 Å². The summed E-state index contributed by atoms with van der Waals surface area (Å²) in [7, 11) is 0. The topological polar surface area (TPSA) is 86.1 Å². The van der Waals surface area contributed by atoms with Crippen molar-refractivity contribution in [2.24, 2.45) is 0 Å². The van der Waals surface area contributed by atoms with Gasteiger partial charge in [-0.2, -0.15) is 0 Å². The van der Waals surface area contributed by atoms with Gasteiger partial charge in [0.2, 0.25) is 0 Å². The molecule has 0 bridgehead atoms. The second-order valence-corrected chi connectivity index (χ2v) is 7.50. The van der Waals surface area contributed by atoms with Crippen molar-refractivity contribution in [1.82, 2.24) is 14.8 Å². The number of thioether (sulfide) groups is 1. The predicted octanol–water partition coefficient (Wildman–Crippen LogP) is 4.18. The van der Waals surface area contributed by atoms with E-state index < -0.39 is 12.1 Å². The van der Waals surface area contributed by atoms with Gasteiger partial charge in [0.1, 0.15) is 5.82 Å². The van der Waals surface area contributed by atoms with Crippen molar-refractivity contribution in [3.05, 3.63) is 65.5 Å². The highest BCUT2D eigenvalue weighted by atomic mass is 32.2. The van der Waals surface area contributed by atoms with E-state index in [1.54, 1.807) is 31.2 Å². The zero-order valence-electron chi connectivity index (χ0n) is 17.4. The Hall–Kier alpha value is -3.13. The standard InChI is InChI=1S/C22H24N4O3S/c1-5-19(20(27)23-18-9-7-6-8-14(18)2)29-21(28)16-10-12-17(13-11-16)26-15(3)24-25-22(26)30-4/h6-13,19H,5H2,1-4H3,(H,23,27). The van der Waals surface area contributed by atoms with Crippen LogP contribution in [-0.4, -0.2) is 39.0 Å². The Kier molecular flexibility index (Phi) is 6.89. The predicted molar refractivity (Wildman–Crippen MR) is 117 cm³/mol. The van der Waals surface area contributed by atoms with Gasteiger partial charge in [0.15, 0.2) is 11.3 Å². The Labute approximate surface area is 179 Å². The van der Waals surface area contributed by atoms with Crippen molar-refractivity contribution in [3.8, 4) is 5.69 Å². The average Bonchev–Trinajstić information content (AvgIpc) is 3.14. The molecule has 0 spiro atoms. The summed E-state index contributed by atoms with van der Waals surface area (Å²) in [5.74, 6) is -0.131. The first-order chi connectivity index (χ1) is 14.4. The lowest BCUT2D eigenvalue weighted by atomic mass is 10.1. The molecule has 1 amide bonds. The van der Waals surface area contributed by atoms with Crippen molar-refractivity contribution in [3.63, 3.8) is 0 Å². The van der Waals surface area contributed by atoms with E-state index in [0.29, 0.717) is 17.7 Å². The van der Waals surface area contributed by atoms with Crippen LogP contribution in [0.15, 0.2) is 53.7 Å². The van der Waals surface area contributed by atoms with E-state index in [9.17, 15) is 9.59 Å². The Balaban J connectivity index is 1.70. The highest BCUT2D eigenvalue weighted by Crippen LogP contribution is 2.21. The smallest absolute Gasteiger partial charge is 0.338 e. The first-order valence-electron chi connectivity index (χ1n) is 9.58. The second-order valence-electron chi connectivity index (χ2n) is 6.72. The summed E-state index contributed by atoms with van der Waals surface area (Å²) in [5.41, 5.74) is 2.87. The van der Waals surface area contributed by atoms with E-state index >= 15 is 0 Å². The molecular formula is C22H24N4O3S. The number of nitrogens with one attached hydrogen (secondary N) is 1. The Bertz CT molecular complexity index is 1050. The molecular weight excluding hydrogens is 400 g/mol. The number of para-hydroxylation sites is 1. The van der Waals surface area contributed by atoms with Gasteiger partial charge in [-0.15, -0.1) is 10.2 Å². The van der Waals surface area contributed by atoms with Crippen molar-refractivity contribution in [1.29, 1.82) is 0 Å². The number of hydrogen-bond donors (Lipinski definition) is 1. The average molecular weight is 425 g/mol. The summed E-state index contributed by atoms with van der Waals surface area (Å²) >= 11 is 1.49. The number of aryl methyl sites for hydroxylation is 2. The highest BCUT2D eigenvalue weighted by Gasteiger charge is 2.22. The number of amides is 1. The molecule has 0 fully saturated rings. The molecule has 3 aromatic rings. The SMILES string of the molecule is CCC(OC(=O)c1ccc(-n2c(C)nnc2SC)cc1)C(=O)Nc1ccccc1C. The van der Waals surface area contributed by atoms with Gasteiger partial charge < -0.3 is 10.1 Å². The zero-order chi connectivity index (χ0) is 21.7. The fourth-order valence-corrected chi connectivity index (χ4v) is 3.51. The van der Waals surface area contributed by atoms with Crippen LogP contribution in [0.1, 0.15) is 35.1 Å². The molecule has 2 aromatic carbocycles. The molecule has 1 N–H and O–H groups in total. The number of ether oxygens (including phenoxy) is 1. The Morgan fingerprint density at radius 2 is 1.80 bits per heavy atom. The monoisotopic (exact) mass is 424 g/mol. The molecule has 1 heterocycles. The number of aromatic nitrogens is 3. The molecule has 1 unspecified atom stereocenters. The van der Waals surface area contributed by atoms with Gasteiger partial charge in [0.25, 0.3) is 5.91 Å². The van der Waals surface area contributed by atoms with E-state index in [1.807, 2.05) is 48.9 Å². The van der Waals surface area contributed by atoms with Gasteiger partial charge in [-0.1, -0.05) is 36.9 Å². The quantitative estimate of drug-likeness (QED) is 0.452. The number of esters is 1. The van der Waals surface area contributed by atoms with E-state index in [2.05, 4.69) is 15.5 Å². The molecule has 0 radical (unpaired) electrons. The number of nitrogens with zero attached hydrogens (tertiary/aromatic N) is 3. The van der Waals surface area contributed by atoms with Gasteiger partial charge in [-0.05, 0) is 62.4 Å². The third-order valence-electron chi connectivity index (χ3n) is 4.65. The van der Waals surface area contributed by atoms with Crippen LogP contribution in [0.5, 0.6) is 0 Å².